The molecule has 2 aromatic carbocycles. The van der Waals surface area contributed by atoms with Crippen LogP contribution >= 0.6 is 0 Å². The minimum Gasteiger partial charge on any atom is -0.497 e. The minimum atomic E-state index is -0.0620. The van der Waals surface area contributed by atoms with Crippen LogP contribution in [0.15, 0.2) is 53.1 Å². The minimum absolute atomic E-state index is 0.0620. The number of amides is 1. The van der Waals surface area contributed by atoms with Crippen LogP contribution in [-0.2, 0) is 16.0 Å². The number of rotatable bonds is 10. The molecule has 0 N–H and O–H groups in total. The molecule has 0 bridgehead atoms. The predicted octanol–water partition coefficient (Wildman–Crippen LogP) is 4.17. The SMILES string of the molecule is COCCCN(Cc1c(-c2cccc(C)c2)noc1N1CCOCC1)C(=O)c1ccc(OC)cc1. The lowest BCUT2D eigenvalue weighted by atomic mass is 10.0. The smallest absolute Gasteiger partial charge is 0.254 e. The normalized spacial score (nSPS) is 13.6. The number of methoxy groups -OCH3 is 2. The fraction of sp³-hybridized carbons (Fsp3) is 0.407. The van der Waals surface area contributed by atoms with E-state index in [0.717, 1.165) is 28.8 Å². The van der Waals surface area contributed by atoms with E-state index in [2.05, 4.69) is 29.1 Å². The van der Waals surface area contributed by atoms with Gasteiger partial charge in [0.1, 0.15) is 11.4 Å². The van der Waals surface area contributed by atoms with Gasteiger partial charge in [-0.15, -0.1) is 0 Å². The van der Waals surface area contributed by atoms with Crippen molar-refractivity contribution in [2.45, 2.75) is 19.9 Å². The summed E-state index contributed by atoms with van der Waals surface area (Å²) in [5.74, 6) is 1.35. The van der Waals surface area contributed by atoms with Gasteiger partial charge in [-0.2, -0.15) is 0 Å². The molecule has 8 heteroatoms. The van der Waals surface area contributed by atoms with Crippen molar-refractivity contribution in [3.63, 3.8) is 0 Å². The Kier molecular flexibility index (Phi) is 8.39. The Balaban J connectivity index is 1.70. The van der Waals surface area contributed by atoms with Crippen LogP contribution in [0.1, 0.15) is 27.9 Å². The summed E-state index contributed by atoms with van der Waals surface area (Å²) in [5, 5.41) is 4.47. The number of benzene rings is 2. The van der Waals surface area contributed by atoms with E-state index in [9.17, 15) is 4.79 Å². The molecule has 0 saturated carbocycles. The average Bonchev–Trinajstić information content (AvgIpc) is 3.32. The molecule has 1 aromatic heterocycles. The Hall–Kier alpha value is -3.36. The van der Waals surface area contributed by atoms with Crippen LogP contribution in [-0.4, -0.2) is 69.6 Å². The highest BCUT2D eigenvalue weighted by Crippen LogP contribution is 2.33. The summed E-state index contributed by atoms with van der Waals surface area (Å²) in [5.41, 5.74) is 4.36. The topological polar surface area (TPSA) is 77.3 Å². The van der Waals surface area contributed by atoms with E-state index in [0.29, 0.717) is 63.2 Å². The van der Waals surface area contributed by atoms with Crippen molar-refractivity contribution in [2.24, 2.45) is 0 Å². The van der Waals surface area contributed by atoms with Gasteiger partial charge in [0.25, 0.3) is 5.91 Å². The van der Waals surface area contributed by atoms with Gasteiger partial charge in [-0.1, -0.05) is 28.9 Å². The van der Waals surface area contributed by atoms with Gasteiger partial charge in [-0.05, 0) is 43.7 Å². The second-order valence-electron chi connectivity index (χ2n) is 8.59. The van der Waals surface area contributed by atoms with Gasteiger partial charge in [0.2, 0.25) is 5.88 Å². The van der Waals surface area contributed by atoms with Crippen LogP contribution in [0.4, 0.5) is 5.88 Å². The first-order valence-electron chi connectivity index (χ1n) is 11.9. The largest absolute Gasteiger partial charge is 0.497 e. The van der Waals surface area contributed by atoms with Crippen molar-refractivity contribution in [1.82, 2.24) is 10.1 Å². The molecule has 0 unspecified atom stereocenters. The molecule has 0 aliphatic carbocycles. The third-order valence-corrected chi connectivity index (χ3v) is 6.11. The van der Waals surface area contributed by atoms with Crippen LogP contribution < -0.4 is 9.64 Å². The second-order valence-corrected chi connectivity index (χ2v) is 8.59. The Labute approximate surface area is 206 Å². The maximum absolute atomic E-state index is 13.6. The van der Waals surface area contributed by atoms with Gasteiger partial charge in [0, 0.05) is 44.5 Å². The molecule has 0 radical (unpaired) electrons. The molecular formula is C27H33N3O5. The number of carbonyl (C=O) groups is 1. The van der Waals surface area contributed by atoms with Crippen molar-refractivity contribution in [2.75, 3.05) is 58.6 Å². The van der Waals surface area contributed by atoms with Crippen molar-refractivity contribution in [1.29, 1.82) is 0 Å². The van der Waals surface area contributed by atoms with E-state index in [-0.39, 0.29) is 5.91 Å². The van der Waals surface area contributed by atoms with Gasteiger partial charge < -0.3 is 28.5 Å². The lowest BCUT2D eigenvalue weighted by molar-refractivity contribution is 0.0723. The van der Waals surface area contributed by atoms with Crippen molar-refractivity contribution < 1.29 is 23.5 Å². The standard InChI is InChI=1S/C27H33N3O5/c1-20-6-4-7-22(18-20)25-24(27(35-28-25)29-13-16-34-17-14-29)19-30(12-5-15-32-2)26(31)21-8-10-23(33-3)11-9-21/h4,6-11,18H,5,12-17,19H2,1-3H3. The first kappa shape index (κ1) is 24.8. The lowest BCUT2D eigenvalue weighted by Gasteiger charge is -2.28. The fourth-order valence-electron chi connectivity index (χ4n) is 4.24. The van der Waals surface area contributed by atoms with Crippen molar-refractivity contribution in [3.05, 3.63) is 65.2 Å². The molecule has 2 heterocycles. The number of aryl methyl sites for hydroxylation is 1. The molecule has 1 saturated heterocycles. The van der Waals surface area contributed by atoms with Gasteiger partial charge in [0.05, 0.1) is 32.4 Å². The number of hydrogen-bond donors (Lipinski definition) is 0. The van der Waals surface area contributed by atoms with E-state index < -0.39 is 0 Å². The molecule has 1 fully saturated rings. The summed E-state index contributed by atoms with van der Waals surface area (Å²) >= 11 is 0. The summed E-state index contributed by atoms with van der Waals surface area (Å²) in [7, 11) is 3.28. The number of ether oxygens (including phenoxy) is 3. The summed E-state index contributed by atoms with van der Waals surface area (Å²) < 4.78 is 22.0. The zero-order valence-corrected chi connectivity index (χ0v) is 20.7. The first-order valence-corrected chi connectivity index (χ1v) is 11.9. The quantitative estimate of drug-likeness (QED) is 0.404. The van der Waals surface area contributed by atoms with Crippen LogP contribution in [0.2, 0.25) is 0 Å². The molecule has 1 aliphatic heterocycles. The van der Waals surface area contributed by atoms with E-state index in [1.165, 1.54) is 0 Å². The first-order chi connectivity index (χ1) is 17.1. The van der Waals surface area contributed by atoms with Crippen LogP contribution in [0.5, 0.6) is 5.75 Å². The zero-order valence-electron chi connectivity index (χ0n) is 20.7. The number of nitrogens with zero attached hydrogens (tertiary/aromatic N) is 3. The molecular weight excluding hydrogens is 446 g/mol. The monoisotopic (exact) mass is 479 g/mol. The highest BCUT2D eigenvalue weighted by Gasteiger charge is 2.27. The number of morpholine rings is 1. The number of aromatic nitrogens is 1. The summed E-state index contributed by atoms with van der Waals surface area (Å²) in [4.78, 5) is 17.6. The molecule has 1 aliphatic rings. The molecule has 3 aromatic rings. The Morgan fingerprint density at radius 3 is 2.57 bits per heavy atom. The Morgan fingerprint density at radius 2 is 1.89 bits per heavy atom. The predicted molar refractivity (Wildman–Crippen MR) is 134 cm³/mol. The van der Waals surface area contributed by atoms with Gasteiger partial charge in [0.15, 0.2) is 0 Å². The molecule has 4 rings (SSSR count). The van der Waals surface area contributed by atoms with Crippen LogP contribution in [0.25, 0.3) is 11.3 Å². The molecule has 35 heavy (non-hydrogen) atoms. The second kappa shape index (κ2) is 11.9. The van der Waals surface area contributed by atoms with Crippen molar-refractivity contribution in [3.8, 4) is 17.0 Å². The van der Waals surface area contributed by atoms with E-state index >= 15 is 0 Å². The van der Waals surface area contributed by atoms with E-state index in [4.69, 9.17) is 18.7 Å². The fourth-order valence-corrected chi connectivity index (χ4v) is 4.24. The molecule has 186 valence electrons. The summed E-state index contributed by atoms with van der Waals surface area (Å²) in [6, 6.07) is 15.4. The molecule has 0 atom stereocenters. The zero-order chi connectivity index (χ0) is 24.6. The molecule has 1 amide bonds. The van der Waals surface area contributed by atoms with Gasteiger partial charge in [-0.3, -0.25) is 4.79 Å². The van der Waals surface area contributed by atoms with E-state index in [1.54, 1.807) is 38.5 Å². The van der Waals surface area contributed by atoms with Gasteiger partial charge in [-0.25, -0.2) is 0 Å². The lowest BCUT2D eigenvalue weighted by Crippen LogP contribution is -2.37. The highest BCUT2D eigenvalue weighted by atomic mass is 16.5. The number of anilines is 1. The maximum atomic E-state index is 13.6. The third kappa shape index (κ3) is 6.01. The number of carbonyl (C=O) groups excluding carboxylic acids is 1. The Bertz CT molecular complexity index is 1110. The highest BCUT2D eigenvalue weighted by molar-refractivity contribution is 5.94. The maximum Gasteiger partial charge on any atom is 0.254 e. The number of hydrogen-bond acceptors (Lipinski definition) is 7. The van der Waals surface area contributed by atoms with Crippen molar-refractivity contribution >= 4 is 11.8 Å². The van der Waals surface area contributed by atoms with Gasteiger partial charge >= 0.3 is 0 Å². The van der Waals surface area contributed by atoms with E-state index in [1.807, 2.05) is 17.0 Å². The average molecular weight is 480 g/mol. The molecule has 8 nitrogen and oxygen atoms in total. The van der Waals surface area contributed by atoms with Crippen LogP contribution in [0, 0.1) is 6.92 Å². The summed E-state index contributed by atoms with van der Waals surface area (Å²) in [6.07, 6.45) is 0.719. The third-order valence-electron chi connectivity index (χ3n) is 6.11. The van der Waals surface area contributed by atoms with Crippen LogP contribution in [0.3, 0.4) is 0 Å². The summed E-state index contributed by atoms with van der Waals surface area (Å²) in [6.45, 7) is 6.21. The Morgan fingerprint density at radius 1 is 1.11 bits per heavy atom. The molecule has 0 spiro atoms.